The Labute approximate surface area is 153 Å². The summed E-state index contributed by atoms with van der Waals surface area (Å²) < 4.78 is 1.55. The third-order valence-corrected chi connectivity index (χ3v) is 4.55. The lowest BCUT2D eigenvalue weighted by Gasteiger charge is -2.06. The van der Waals surface area contributed by atoms with Crippen LogP contribution in [0.3, 0.4) is 0 Å². The van der Waals surface area contributed by atoms with E-state index in [0.29, 0.717) is 23.3 Å². The Hall–Kier alpha value is -3.01. The lowest BCUT2D eigenvalue weighted by Crippen LogP contribution is -2.31. The number of nitrogens with zero attached hydrogens (tertiary/aromatic N) is 5. The number of aromatic nitrogens is 6. The third-order valence-electron chi connectivity index (χ3n) is 3.54. The molecule has 134 valence electrons. The summed E-state index contributed by atoms with van der Waals surface area (Å²) in [4.78, 5) is 31.2. The summed E-state index contributed by atoms with van der Waals surface area (Å²) in [6, 6.07) is 7.61. The van der Waals surface area contributed by atoms with E-state index in [1.165, 1.54) is 18.0 Å². The standard InChI is InChI=1S/C16H17N7O2S/c1-10-4-3-5-11(8-10)13-18-9-12(15(25)19-13)14(24)17-6-7-26-16-20-21-22-23(16)2/h3-5,8-9H,6-7H2,1-2H3,(H,17,24)(H,18,19,25). The van der Waals surface area contributed by atoms with E-state index in [-0.39, 0.29) is 5.56 Å². The minimum absolute atomic E-state index is 0.0215. The highest BCUT2D eigenvalue weighted by Crippen LogP contribution is 2.14. The number of H-pyrrole nitrogens is 1. The number of carbonyl (C=O) groups is 1. The first-order valence-electron chi connectivity index (χ1n) is 7.84. The molecular weight excluding hydrogens is 354 g/mol. The Morgan fingerprint density at radius 1 is 1.38 bits per heavy atom. The van der Waals surface area contributed by atoms with Crippen molar-refractivity contribution in [3.8, 4) is 11.4 Å². The molecule has 0 saturated carbocycles. The zero-order valence-corrected chi connectivity index (χ0v) is 15.1. The summed E-state index contributed by atoms with van der Waals surface area (Å²) in [7, 11) is 1.74. The van der Waals surface area contributed by atoms with Crippen molar-refractivity contribution < 1.29 is 4.79 Å². The molecule has 1 amide bonds. The van der Waals surface area contributed by atoms with Crippen LogP contribution in [0.25, 0.3) is 11.4 Å². The van der Waals surface area contributed by atoms with Gasteiger partial charge < -0.3 is 10.3 Å². The summed E-state index contributed by atoms with van der Waals surface area (Å²) in [5.41, 5.74) is 1.36. The van der Waals surface area contributed by atoms with E-state index in [9.17, 15) is 9.59 Å². The Bertz CT molecular complexity index is 982. The van der Waals surface area contributed by atoms with Gasteiger partial charge in [0.2, 0.25) is 5.16 Å². The Balaban J connectivity index is 1.61. The van der Waals surface area contributed by atoms with Crippen molar-refractivity contribution in [2.24, 2.45) is 7.05 Å². The molecule has 0 atom stereocenters. The van der Waals surface area contributed by atoms with Crippen LogP contribution in [0.15, 0.2) is 40.4 Å². The highest BCUT2D eigenvalue weighted by molar-refractivity contribution is 7.99. The number of thioether (sulfide) groups is 1. The van der Waals surface area contributed by atoms with Gasteiger partial charge in [0.25, 0.3) is 11.5 Å². The zero-order chi connectivity index (χ0) is 18.5. The van der Waals surface area contributed by atoms with E-state index in [2.05, 4.69) is 30.8 Å². The minimum Gasteiger partial charge on any atom is -0.351 e. The quantitative estimate of drug-likeness (QED) is 0.486. The topological polar surface area (TPSA) is 118 Å². The fraction of sp³-hybridized carbons (Fsp3) is 0.250. The largest absolute Gasteiger partial charge is 0.351 e. The monoisotopic (exact) mass is 371 g/mol. The number of carbonyl (C=O) groups excluding carboxylic acids is 1. The molecule has 1 aromatic carbocycles. The summed E-state index contributed by atoms with van der Waals surface area (Å²) in [6.07, 6.45) is 1.30. The number of aryl methyl sites for hydroxylation is 2. The van der Waals surface area contributed by atoms with Crippen molar-refractivity contribution in [1.82, 2.24) is 35.5 Å². The average Bonchev–Trinajstić information content (AvgIpc) is 3.03. The molecule has 9 nitrogen and oxygen atoms in total. The highest BCUT2D eigenvalue weighted by Gasteiger charge is 2.12. The molecule has 3 aromatic rings. The van der Waals surface area contributed by atoms with Gasteiger partial charge in [0, 0.05) is 31.1 Å². The predicted molar refractivity (Wildman–Crippen MR) is 96.9 cm³/mol. The Morgan fingerprint density at radius 3 is 2.92 bits per heavy atom. The molecule has 0 aliphatic carbocycles. The van der Waals surface area contributed by atoms with Crippen molar-refractivity contribution in [2.75, 3.05) is 12.3 Å². The van der Waals surface area contributed by atoms with Crippen LogP contribution >= 0.6 is 11.8 Å². The van der Waals surface area contributed by atoms with E-state index >= 15 is 0 Å². The van der Waals surface area contributed by atoms with Crippen molar-refractivity contribution in [3.05, 3.63) is 51.9 Å². The van der Waals surface area contributed by atoms with Gasteiger partial charge in [-0.05, 0) is 23.4 Å². The summed E-state index contributed by atoms with van der Waals surface area (Å²) in [5.74, 6) is 0.541. The highest BCUT2D eigenvalue weighted by atomic mass is 32.2. The number of rotatable bonds is 6. The molecule has 0 spiro atoms. The maximum atomic E-state index is 12.2. The van der Waals surface area contributed by atoms with Gasteiger partial charge in [-0.25, -0.2) is 9.67 Å². The molecule has 26 heavy (non-hydrogen) atoms. The van der Waals surface area contributed by atoms with E-state index < -0.39 is 11.5 Å². The van der Waals surface area contributed by atoms with E-state index in [1.54, 1.807) is 11.7 Å². The van der Waals surface area contributed by atoms with E-state index in [1.807, 2.05) is 31.2 Å². The van der Waals surface area contributed by atoms with Gasteiger partial charge in [0.15, 0.2) is 0 Å². The second kappa shape index (κ2) is 7.91. The zero-order valence-electron chi connectivity index (χ0n) is 14.3. The number of amides is 1. The number of hydrogen-bond donors (Lipinski definition) is 2. The van der Waals surface area contributed by atoms with Crippen molar-refractivity contribution in [3.63, 3.8) is 0 Å². The molecule has 3 rings (SSSR count). The number of aromatic amines is 1. The number of benzene rings is 1. The first kappa shape index (κ1) is 17.8. The van der Waals surface area contributed by atoms with Crippen LogP contribution in [0.4, 0.5) is 0 Å². The molecule has 0 radical (unpaired) electrons. The van der Waals surface area contributed by atoms with Crippen LogP contribution in [0.2, 0.25) is 0 Å². The lowest BCUT2D eigenvalue weighted by molar-refractivity contribution is 0.0954. The molecule has 0 fully saturated rings. The van der Waals surface area contributed by atoms with E-state index in [0.717, 1.165) is 11.1 Å². The molecule has 2 N–H and O–H groups in total. The first-order valence-corrected chi connectivity index (χ1v) is 8.83. The molecule has 0 aliphatic rings. The molecule has 0 aliphatic heterocycles. The van der Waals surface area contributed by atoms with Crippen LogP contribution in [-0.4, -0.2) is 48.4 Å². The van der Waals surface area contributed by atoms with Crippen molar-refractivity contribution >= 4 is 17.7 Å². The van der Waals surface area contributed by atoms with Crippen LogP contribution in [0, 0.1) is 6.92 Å². The van der Waals surface area contributed by atoms with Crippen LogP contribution in [-0.2, 0) is 7.05 Å². The van der Waals surface area contributed by atoms with Crippen LogP contribution in [0.1, 0.15) is 15.9 Å². The van der Waals surface area contributed by atoms with E-state index in [4.69, 9.17) is 0 Å². The molecule has 0 unspecified atom stereocenters. The summed E-state index contributed by atoms with van der Waals surface area (Å²) in [5, 5.41) is 14.4. The van der Waals surface area contributed by atoms with Crippen LogP contribution in [0.5, 0.6) is 0 Å². The fourth-order valence-electron chi connectivity index (χ4n) is 2.24. The van der Waals surface area contributed by atoms with Gasteiger partial charge in [-0.2, -0.15) is 0 Å². The number of hydrogen-bond acceptors (Lipinski definition) is 7. The number of tetrazole rings is 1. The molecular formula is C16H17N7O2S. The maximum Gasteiger partial charge on any atom is 0.264 e. The summed E-state index contributed by atoms with van der Waals surface area (Å²) in [6.45, 7) is 2.33. The fourth-order valence-corrected chi connectivity index (χ4v) is 2.95. The smallest absolute Gasteiger partial charge is 0.264 e. The van der Waals surface area contributed by atoms with Crippen molar-refractivity contribution in [1.29, 1.82) is 0 Å². The second-order valence-corrected chi connectivity index (χ2v) is 6.60. The van der Waals surface area contributed by atoms with Crippen LogP contribution < -0.4 is 10.9 Å². The van der Waals surface area contributed by atoms with Gasteiger partial charge in [-0.15, -0.1) is 5.10 Å². The molecule has 0 saturated heterocycles. The lowest BCUT2D eigenvalue weighted by atomic mass is 10.1. The SMILES string of the molecule is Cc1cccc(-c2ncc(C(=O)NCCSc3nnnn3C)c(=O)[nH]2)c1. The average molecular weight is 371 g/mol. The number of nitrogens with one attached hydrogen (secondary N) is 2. The maximum absolute atomic E-state index is 12.2. The van der Waals surface area contributed by atoms with Gasteiger partial charge in [-0.3, -0.25) is 9.59 Å². The Morgan fingerprint density at radius 2 is 2.23 bits per heavy atom. The molecule has 2 aromatic heterocycles. The van der Waals surface area contributed by atoms with Gasteiger partial charge in [0.1, 0.15) is 11.4 Å². The summed E-state index contributed by atoms with van der Waals surface area (Å²) >= 11 is 1.41. The molecule has 10 heteroatoms. The second-order valence-electron chi connectivity index (χ2n) is 5.53. The molecule has 2 heterocycles. The first-order chi connectivity index (χ1) is 12.5. The van der Waals surface area contributed by atoms with Crippen molar-refractivity contribution in [2.45, 2.75) is 12.1 Å². The van der Waals surface area contributed by atoms with Gasteiger partial charge in [0.05, 0.1) is 0 Å². The predicted octanol–water partition coefficient (Wildman–Crippen LogP) is 0.791. The van der Waals surface area contributed by atoms with Gasteiger partial charge >= 0.3 is 0 Å². The normalized spacial score (nSPS) is 10.7. The minimum atomic E-state index is -0.473. The Kier molecular flexibility index (Phi) is 5.42. The van der Waals surface area contributed by atoms with Gasteiger partial charge in [-0.1, -0.05) is 35.5 Å². The third kappa shape index (κ3) is 4.14. The molecule has 0 bridgehead atoms.